The number of carbonyl (C=O) groups excluding carboxylic acids is 1. The van der Waals surface area contributed by atoms with Crippen LogP contribution in [0.15, 0.2) is 12.3 Å². The SMILES string of the molecule is COC(=O)C1COCCN1c1nnccc1C#N. The van der Waals surface area contributed by atoms with Crippen molar-refractivity contribution in [1.29, 1.82) is 5.26 Å². The molecule has 1 unspecified atom stereocenters. The van der Waals surface area contributed by atoms with E-state index in [2.05, 4.69) is 10.2 Å². The van der Waals surface area contributed by atoms with Gasteiger partial charge in [-0.2, -0.15) is 10.4 Å². The first-order valence-corrected chi connectivity index (χ1v) is 5.42. The van der Waals surface area contributed by atoms with Gasteiger partial charge in [0, 0.05) is 6.54 Å². The van der Waals surface area contributed by atoms with Crippen LogP contribution >= 0.6 is 0 Å². The fourth-order valence-corrected chi connectivity index (χ4v) is 1.81. The molecule has 2 rings (SSSR count). The number of carbonyl (C=O) groups is 1. The molecule has 18 heavy (non-hydrogen) atoms. The van der Waals surface area contributed by atoms with Crippen molar-refractivity contribution in [2.24, 2.45) is 0 Å². The Hall–Kier alpha value is -2.20. The summed E-state index contributed by atoms with van der Waals surface area (Å²) in [6.07, 6.45) is 1.44. The maximum Gasteiger partial charge on any atom is 0.330 e. The van der Waals surface area contributed by atoms with Gasteiger partial charge < -0.3 is 14.4 Å². The van der Waals surface area contributed by atoms with Gasteiger partial charge in [0.05, 0.1) is 32.1 Å². The van der Waals surface area contributed by atoms with Gasteiger partial charge in [-0.15, -0.1) is 5.10 Å². The standard InChI is InChI=1S/C11H12N4O3/c1-17-11(16)9-7-18-5-4-15(9)10-8(6-12)2-3-13-14-10/h2-3,9H,4-5,7H2,1H3. The Balaban J connectivity index is 2.34. The molecule has 1 aliphatic heterocycles. The minimum Gasteiger partial charge on any atom is -0.467 e. The second-order valence-electron chi connectivity index (χ2n) is 3.69. The number of morpholine rings is 1. The Labute approximate surface area is 104 Å². The van der Waals surface area contributed by atoms with Gasteiger partial charge in [0.15, 0.2) is 11.9 Å². The first-order valence-electron chi connectivity index (χ1n) is 5.42. The fraction of sp³-hybridized carbons (Fsp3) is 0.455. The second kappa shape index (κ2) is 5.42. The van der Waals surface area contributed by atoms with Crippen molar-refractivity contribution in [3.63, 3.8) is 0 Å². The number of hydrogen-bond acceptors (Lipinski definition) is 7. The van der Waals surface area contributed by atoms with Gasteiger partial charge in [0.25, 0.3) is 0 Å². The van der Waals surface area contributed by atoms with Crippen LogP contribution in [0.25, 0.3) is 0 Å². The molecule has 0 aliphatic carbocycles. The minimum atomic E-state index is -0.590. The van der Waals surface area contributed by atoms with Gasteiger partial charge in [-0.1, -0.05) is 0 Å². The lowest BCUT2D eigenvalue weighted by molar-refractivity contribution is -0.144. The van der Waals surface area contributed by atoms with Crippen molar-refractivity contribution in [2.45, 2.75) is 6.04 Å². The lowest BCUT2D eigenvalue weighted by Gasteiger charge is -2.34. The number of methoxy groups -OCH3 is 1. The van der Waals surface area contributed by atoms with Crippen LogP contribution < -0.4 is 4.90 Å². The topological polar surface area (TPSA) is 88.3 Å². The summed E-state index contributed by atoms with van der Waals surface area (Å²) in [5.41, 5.74) is 0.376. The molecule has 0 radical (unpaired) electrons. The third-order valence-corrected chi connectivity index (χ3v) is 2.70. The molecule has 94 valence electrons. The van der Waals surface area contributed by atoms with E-state index in [0.717, 1.165) is 0 Å². The molecule has 1 aromatic rings. The molecule has 0 amide bonds. The monoisotopic (exact) mass is 248 g/mol. The normalized spacial score (nSPS) is 19.1. The Kier molecular flexibility index (Phi) is 3.69. The van der Waals surface area contributed by atoms with Crippen molar-refractivity contribution < 1.29 is 14.3 Å². The zero-order chi connectivity index (χ0) is 13.0. The second-order valence-corrected chi connectivity index (χ2v) is 3.69. The third kappa shape index (κ3) is 2.24. The molecule has 1 atom stereocenters. The molecule has 7 nitrogen and oxygen atoms in total. The van der Waals surface area contributed by atoms with Gasteiger partial charge >= 0.3 is 5.97 Å². The number of ether oxygens (including phenoxy) is 2. The summed E-state index contributed by atoms with van der Waals surface area (Å²) in [7, 11) is 1.32. The summed E-state index contributed by atoms with van der Waals surface area (Å²) in [5, 5.41) is 16.7. The average molecular weight is 248 g/mol. The van der Waals surface area contributed by atoms with E-state index in [0.29, 0.717) is 24.5 Å². The Morgan fingerprint density at radius 1 is 1.72 bits per heavy atom. The van der Waals surface area contributed by atoms with Crippen molar-refractivity contribution in [3.8, 4) is 6.07 Å². The van der Waals surface area contributed by atoms with Crippen LogP contribution in [0.4, 0.5) is 5.82 Å². The molecule has 1 aromatic heterocycles. The Morgan fingerprint density at radius 2 is 2.56 bits per heavy atom. The lowest BCUT2D eigenvalue weighted by atomic mass is 10.2. The van der Waals surface area contributed by atoms with Crippen LogP contribution in [0.2, 0.25) is 0 Å². The molecular weight excluding hydrogens is 236 g/mol. The Morgan fingerprint density at radius 3 is 3.28 bits per heavy atom. The average Bonchev–Trinajstić information content (AvgIpc) is 2.46. The van der Waals surface area contributed by atoms with E-state index in [1.165, 1.54) is 13.3 Å². The van der Waals surface area contributed by atoms with Crippen LogP contribution in [-0.2, 0) is 14.3 Å². The summed E-state index contributed by atoms with van der Waals surface area (Å²) in [5.74, 6) is -0.0251. The Bertz CT molecular complexity index is 485. The third-order valence-electron chi connectivity index (χ3n) is 2.70. The van der Waals surface area contributed by atoms with E-state index >= 15 is 0 Å². The number of nitriles is 1. The highest BCUT2D eigenvalue weighted by molar-refractivity contribution is 5.80. The zero-order valence-corrected chi connectivity index (χ0v) is 9.87. The summed E-state index contributed by atoms with van der Waals surface area (Å²) in [6, 6.07) is 3.00. The number of esters is 1. The van der Waals surface area contributed by atoms with Crippen LogP contribution in [0.3, 0.4) is 0 Å². The zero-order valence-electron chi connectivity index (χ0n) is 9.87. The molecular formula is C11H12N4O3. The van der Waals surface area contributed by atoms with Gasteiger partial charge in [-0.05, 0) is 6.07 Å². The van der Waals surface area contributed by atoms with E-state index in [4.69, 9.17) is 14.7 Å². The highest BCUT2D eigenvalue weighted by Gasteiger charge is 2.32. The highest BCUT2D eigenvalue weighted by Crippen LogP contribution is 2.20. The minimum absolute atomic E-state index is 0.216. The van der Waals surface area contributed by atoms with Gasteiger partial charge in [-0.25, -0.2) is 4.79 Å². The summed E-state index contributed by atoms with van der Waals surface area (Å²) < 4.78 is 9.98. The molecule has 7 heteroatoms. The largest absolute Gasteiger partial charge is 0.467 e. The quantitative estimate of drug-likeness (QED) is 0.665. The van der Waals surface area contributed by atoms with Crippen LogP contribution in [-0.4, -0.2) is 49.1 Å². The predicted molar refractivity (Wildman–Crippen MR) is 60.7 cm³/mol. The molecule has 0 spiro atoms. The van der Waals surface area contributed by atoms with Crippen LogP contribution in [0.5, 0.6) is 0 Å². The first-order chi connectivity index (χ1) is 8.77. The van der Waals surface area contributed by atoms with Crippen molar-refractivity contribution >= 4 is 11.8 Å². The van der Waals surface area contributed by atoms with E-state index in [9.17, 15) is 4.79 Å². The van der Waals surface area contributed by atoms with Gasteiger partial charge in [0.2, 0.25) is 0 Å². The van der Waals surface area contributed by atoms with Crippen molar-refractivity contribution in [3.05, 3.63) is 17.8 Å². The molecule has 0 bridgehead atoms. The molecule has 1 aliphatic rings. The molecule has 0 saturated carbocycles. The molecule has 0 aromatic carbocycles. The van der Waals surface area contributed by atoms with Gasteiger partial charge in [0.1, 0.15) is 6.07 Å². The summed E-state index contributed by atoms with van der Waals surface area (Å²) in [6.45, 7) is 1.15. The maximum atomic E-state index is 11.7. The van der Waals surface area contributed by atoms with Crippen LogP contribution in [0, 0.1) is 11.3 Å². The predicted octanol–water partition coefficient (Wildman–Crippen LogP) is -0.274. The number of aromatic nitrogens is 2. The molecule has 1 saturated heterocycles. The van der Waals surface area contributed by atoms with Crippen molar-refractivity contribution in [1.82, 2.24) is 10.2 Å². The summed E-state index contributed by atoms with van der Waals surface area (Å²) in [4.78, 5) is 13.4. The van der Waals surface area contributed by atoms with Gasteiger partial charge in [-0.3, -0.25) is 0 Å². The van der Waals surface area contributed by atoms with Crippen molar-refractivity contribution in [2.75, 3.05) is 31.8 Å². The fourth-order valence-electron chi connectivity index (χ4n) is 1.81. The molecule has 2 heterocycles. The lowest BCUT2D eigenvalue weighted by Crippen LogP contribution is -2.51. The maximum absolute atomic E-state index is 11.7. The first kappa shape index (κ1) is 12.3. The number of rotatable bonds is 2. The van der Waals surface area contributed by atoms with E-state index < -0.39 is 12.0 Å². The molecule has 0 N–H and O–H groups in total. The number of hydrogen-bond donors (Lipinski definition) is 0. The number of nitrogens with zero attached hydrogens (tertiary/aromatic N) is 4. The van der Waals surface area contributed by atoms with Crippen LogP contribution in [0.1, 0.15) is 5.56 Å². The highest BCUT2D eigenvalue weighted by atomic mass is 16.5. The van der Waals surface area contributed by atoms with E-state index in [1.54, 1.807) is 11.0 Å². The summed E-state index contributed by atoms with van der Waals surface area (Å²) >= 11 is 0. The van der Waals surface area contributed by atoms with E-state index in [1.807, 2.05) is 6.07 Å². The molecule has 1 fully saturated rings. The van der Waals surface area contributed by atoms with E-state index in [-0.39, 0.29) is 6.61 Å². The smallest absolute Gasteiger partial charge is 0.330 e. The number of anilines is 1.